The molecule has 0 unspecified atom stereocenters. The van der Waals surface area contributed by atoms with E-state index in [4.69, 9.17) is 4.74 Å². The van der Waals surface area contributed by atoms with Crippen molar-refractivity contribution < 1.29 is 45.8 Å². The van der Waals surface area contributed by atoms with Crippen LogP contribution in [0.25, 0.3) is 0 Å². The Morgan fingerprint density at radius 1 is 0.880 bits per heavy atom. The number of hydrogen-bond acceptors (Lipinski definition) is 7. The minimum absolute atomic E-state index is 0.0290. The van der Waals surface area contributed by atoms with Gasteiger partial charge in [-0.3, -0.25) is 9.59 Å². The molecule has 3 atom stereocenters. The molecule has 3 fully saturated rings. The molecule has 0 spiro atoms. The van der Waals surface area contributed by atoms with Crippen molar-refractivity contribution >= 4 is 23.5 Å². The molecule has 3 heterocycles. The molecule has 1 N–H and O–H groups in total. The minimum Gasteiger partial charge on any atom is -0.481 e. The van der Waals surface area contributed by atoms with Gasteiger partial charge in [0.25, 0.3) is 0 Å². The van der Waals surface area contributed by atoms with E-state index in [2.05, 4.69) is 9.97 Å². The standard InChI is InChI=1S/C35H45F6N5O4/c1-3-27-17-29(18-28(4-2)46(27)32(49)24-7-5-22(6-8-24)15-31(47)48)45(33-42-19-30(20-43-33)44-9-11-50-12-10-44)21-23-13-25(34(36,37)38)16-26(14-23)35(39,40)41/h13-14,16,19-20,22,24,27-29H,3-12,15,17-18,21H2,1-2H3,(H,47,48)/t22-,24-,27-,28+,29+. The Kier molecular flexibility index (Phi) is 11.8. The molecule has 2 aromatic rings. The molecule has 0 bridgehead atoms. The smallest absolute Gasteiger partial charge is 0.416 e. The van der Waals surface area contributed by atoms with Gasteiger partial charge in [-0.05, 0) is 81.0 Å². The van der Waals surface area contributed by atoms with Crippen LogP contribution in [0.15, 0.2) is 30.6 Å². The van der Waals surface area contributed by atoms with Crippen molar-refractivity contribution in [2.24, 2.45) is 11.8 Å². The topological polar surface area (TPSA) is 99.1 Å². The number of morpholine rings is 1. The second-order valence-electron chi connectivity index (χ2n) is 13.7. The zero-order valence-electron chi connectivity index (χ0n) is 28.3. The van der Waals surface area contributed by atoms with Crippen molar-refractivity contribution in [1.29, 1.82) is 0 Å². The number of anilines is 2. The highest BCUT2D eigenvalue weighted by Crippen LogP contribution is 2.40. The molecule has 1 amide bonds. The first-order valence-corrected chi connectivity index (χ1v) is 17.4. The number of aliphatic carboxylic acids is 1. The van der Waals surface area contributed by atoms with Crippen LogP contribution < -0.4 is 9.80 Å². The second-order valence-corrected chi connectivity index (χ2v) is 13.7. The maximum Gasteiger partial charge on any atom is 0.416 e. The molecule has 50 heavy (non-hydrogen) atoms. The van der Waals surface area contributed by atoms with Crippen LogP contribution in [0.2, 0.25) is 0 Å². The second kappa shape index (κ2) is 15.7. The van der Waals surface area contributed by atoms with E-state index in [1.807, 2.05) is 23.6 Å². The number of piperidine rings is 1. The van der Waals surface area contributed by atoms with E-state index >= 15 is 0 Å². The molecule has 9 nitrogen and oxygen atoms in total. The van der Waals surface area contributed by atoms with Crippen molar-refractivity contribution in [3.8, 4) is 0 Å². The van der Waals surface area contributed by atoms with Gasteiger partial charge in [0.2, 0.25) is 11.9 Å². The van der Waals surface area contributed by atoms with Gasteiger partial charge in [0.15, 0.2) is 0 Å². The Bertz CT molecular complexity index is 1410. The van der Waals surface area contributed by atoms with E-state index in [0.717, 1.165) is 17.8 Å². The highest BCUT2D eigenvalue weighted by molar-refractivity contribution is 5.80. The summed E-state index contributed by atoms with van der Waals surface area (Å²) in [5, 5.41) is 9.20. The summed E-state index contributed by atoms with van der Waals surface area (Å²) in [6, 6.07) is 0.770. The summed E-state index contributed by atoms with van der Waals surface area (Å²) in [6.45, 7) is 5.94. The number of alkyl halides is 6. The molecule has 1 aromatic heterocycles. The summed E-state index contributed by atoms with van der Waals surface area (Å²) < 4.78 is 88.4. The Morgan fingerprint density at radius 2 is 1.42 bits per heavy atom. The van der Waals surface area contributed by atoms with Crippen molar-refractivity contribution in [1.82, 2.24) is 14.9 Å². The third-order valence-corrected chi connectivity index (χ3v) is 10.4. The van der Waals surface area contributed by atoms with Crippen LogP contribution >= 0.6 is 0 Å². The maximum atomic E-state index is 14.1. The summed E-state index contributed by atoms with van der Waals surface area (Å²) in [4.78, 5) is 40.1. The molecule has 276 valence electrons. The van der Waals surface area contributed by atoms with E-state index in [9.17, 15) is 41.0 Å². The lowest BCUT2D eigenvalue weighted by atomic mass is 9.78. The number of carbonyl (C=O) groups is 2. The van der Waals surface area contributed by atoms with Gasteiger partial charge in [0.1, 0.15) is 0 Å². The van der Waals surface area contributed by atoms with E-state index < -0.39 is 35.5 Å². The zero-order chi connectivity index (χ0) is 36.2. The van der Waals surface area contributed by atoms with Crippen LogP contribution in [0.1, 0.15) is 88.3 Å². The normalized spacial score (nSPS) is 25.0. The number of hydrogen-bond donors (Lipinski definition) is 1. The molecule has 2 aliphatic heterocycles. The number of nitrogens with zero attached hydrogens (tertiary/aromatic N) is 5. The number of ether oxygens (including phenoxy) is 1. The zero-order valence-corrected chi connectivity index (χ0v) is 28.3. The van der Waals surface area contributed by atoms with Crippen LogP contribution in [0.3, 0.4) is 0 Å². The number of benzene rings is 1. The summed E-state index contributed by atoms with van der Waals surface area (Å²) in [7, 11) is 0. The molecule has 3 aliphatic rings. The van der Waals surface area contributed by atoms with Crippen LogP contribution in [-0.2, 0) is 33.2 Å². The molecule has 1 saturated carbocycles. The first kappa shape index (κ1) is 37.6. The largest absolute Gasteiger partial charge is 0.481 e. The molecular formula is C35H45F6N5O4. The van der Waals surface area contributed by atoms with E-state index in [1.165, 1.54) is 0 Å². The number of carboxylic acid groups (broad SMARTS) is 1. The van der Waals surface area contributed by atoms with Crippen molar-refractivity contribution in [3.63, 3.8) is 0 Å². The van der Waals surface area contributed by atoms with Crippen molar-refractivity contribution in [2.45, 2.75) is 109 Å². The van der Waals surface area contributed by atoms with Crippen molar-refractivity contribution in [2.75, 3.05) is 36.1 Å². The number of carboxylic acids is 1. The fourth-order valence-corrected chi connectivity index (χ4v) is 7.78. The molecule has 2 saturated heterocycles. The van der Waals surface area contributed by atoms with Gasteiger partial charge >= 0.3 is 18.3 Å². The lowest BCUT2D eigenvalue weighted by Crippen LogP contribution is -2.58. The predicted molar refractivity (Wildman–Crippen MR) is 173 cm³/mol. The third kappa shape index (κ3) is 8.99. The van der Waals surface area contributed by atoms with E-state index in [0.29, 0.717) is 77.7 Å². The highest BCUT2D eigenvalue weighted by Gasteiger charge is 2.43. The van der Waals surface area contributed by atoms with Gasteiger partial charge in [-0.2, -0.15) is 26.3 Å². The number of likely N-dealkylation sites (tertiary alicyclic amines) is 1. The first-order valence-electron chi connectivity index (χ1n) is 17.4. The number of carbonyl (C=O) groups excluding carboxylic acids is 1. The van der Waals surface area contributed by atoms with Gasteiger partial charge in [-0.1, -0.05) is 13.8 Å². The SMILES string of the molecule is CC[C@@H]1C[C@H](N(Cc2cc(C(F)(F)F)cc(C(F)(F)F)c2)c2ncc(N3CCOCC3)cn2)C[C@H](CC)N1C(=O)[C@H]1CC[C@H](CC(=O)O)CC1. The summed E-state index contributed by atoms with van der Waals surface area (Å²) >= 11 is 0. The molecule has 15 heteroatoms. The van der Waals surface area contributed by atoms with Crippen molar-refractivity contribution in [3.05, 3.63) is 47.3 Å². The molecule has 1 aliphatic carbocycles. The lowest BCUT2D eigenvalue weighted by Gasteiger charge is -2.49. The van der Waals surface area contributed by atoms with E-state index in [-0.39, 0.29) is 60.4 Å². The molecular weight excluding hydrogens is 668 g/mol. The lowest BCUT2D eigenvalue weighted by molar-refractivity contribution is -0.145. The fourth-order valence-electron chi connectivity index (χ4n) is 7.78. The Morgan fingerprint density at radius 3 is 1.90 bits per heavy atom. The van der Waals surface area contributed by atoms with Gasteiger partial charge in [-0.25, -0.2) is 9.97 Å². The fraction of sp³-hybridized carbons (Fsp3) is 0.657. The maximum absolute atomic E-state index is 14.1. The first-order chi connectivity index (χ1) is 23.7. The molecule has 0 radical (unpaired) electrons. The summed E-state index contributed by atoms with van der Waals surface area (Å²) in [5.74, 6) is -0.815. The quantitative estimate of drug-likeness (QED) is 0.259. The van der Waals surface area contributed by atoms with Crippen LogP contribution in [0.5, 0.6) is 0 Å². The third-order valence-electron chi connectivity index (χ3n) is 10.4. The van der Waals surface area contributed by atoms with Gasteiger partial charge in [0, 0.05) is 50.1 Å². The summed E-state index contributed by atoms with van der Waals surface area (Å²) in [6.07, 6.45) is -2.09. The Hall–Kier alpha value is -3.62. The van der Waals surface area contributed by atoms with Gasteiger partial charge in [-0.15, -0.1) is 0 Å². The highest BCUT2D eigenvalue weighted by atomic mass is 19.4. The Balaban J connectivity index is 1.45. The number of rotatable bonds is 10. The molecule has 5 rings (SSSR count). The van der Waals surface area contributed by atoms with Crippen LogP contribution in [-0.4, -0.2) is 76.3 Å². The summed E-state index contributed by atoms with van der Waals surface area (Å²) in [5.41, 5.74) is -2.22. The van der Waals surface area contributed by atoms with Crippen LogP contribution in [0.4, 0.5) is 38.0 Å². The number of halogens is 6. The van der Waals surface area contributed by atoms with Crippen LogP contribution in [0, 0.1) is 11.8 Å². The molecule has 1 aromatic carbocycles. The van der Waals surface area contributed by atoms with Gasteiger partial charge in [0.05, 0.1) is 42.4 Å². The average molecular weight is 714 g/mol. The predicted octanol–water partition coefficient (Wildman–Crippen LogP) is 7.19. The minimum atomic E-state index is -4.99. The van der Waals surface area contributed by atoms with Gasteiger partial charge < -0.3 is 24.5 Å². The number of amides is 1. The monoisotopic (exact) mass is 713 g/mol. The Labute approximate surface area is 288 Å². The number of aromatic nitrogens is 2. The average Bonchev–Trinajstić information content (AvgIpc) is 3.09. The van der Waals surface area contributed by atoms with E-state index in [1.54, 1.807) is 17.3 Å².